The molecule has 0 saturated heterocycles. The first kappa shape index (κ1) is 12.9. The molecule has 0 atom stereocenters. The standard InChI is InChI=1S/C14H12FN3O/c15-13-6-4-5-12(9-13)10-16-17-14(19)11-18-7-2-1-3-8-18/h1-10H,11H2/p+1. The largest absolute Gasteiger partial charge is 0.305 e. The predicted octanol–water partition coefficient (Wildman–Crippen LogP) is 1.26. The Labute approximate surface area is 110 Å². The summed E-state index contributed by atoms with van der Waals surface area (Å²) in [6.07, 6.45) is 4.97. The molecule has 5 heteroatoms. The Morgan fingerprint density at radius 1 is 1.26 bits per heavy atom. The van der Waals surface area contributed by atoms with Gasteiger partial charge in [0.2, 0.25) is 6.54 Å². The molecule has 0 bridgehead atoms. The first-order valence-corrected chi connectivity index (χ1v) is 5.75. The molecule has 1 N–H and O–H groups in total. The van der Waals surface area contributed by atoms with E-state index in [9.17, 15) is 9.18 Å². The lowest BCUT2D eigenvalue weighted by Crippen LogP contribution is -2.40. The maximum Gasteiger partial charge on any atom is 0.305 e. The summed E-state index contributed by atoms with van der Waals surface area (Å²) < 4.78 is 14.6. The molecule has 0 aliphatic carbocycles. The van der Waals surface area contributed by atoms with Crippen LogP contribution in [0.4, 0.5) is 4.39 Å². The summed E-state index contributed by atoms with van der Waals surface area (Å²) in [5.41, 5.74) is 2.98. The molecule has 2 rings (SSSR count). The third kappa shape index (κ3) is 4.31. The van der Waals surface area contributed by atoms with Crippen LogP contribution in [-0.2, 0) is 11.3 Å². The molecule has 0 radical (unpaired) electrons. The van der Waals surface area contributed by atoms with Gasteiger partial charge in [-0.05, 0) is 17.7 Å². The van der Waals surface area contributed by atoms with Crippen molar-refractivity contribution in [1.82, 2.24) is 5.43 Å². The Hall–Kier alpha value is -2.56. The van der Waals surface area contributed by atoms with Gasteiger partial charge in [-0.15, -0.1) is 0 Å². The van der Waals surface area contributed by atoms with Crippen molar-refractivity contribution in [2.75, 3.05) is 0 Å². The zero-order valence-electron chi connectivity index (χ0n) is 10.2. The maximum atomic E-state index is 12.9. The van der Waals surface area contributed by atoms with Crippen molar-refractivity contribution in [2.45, 2.75) is 6.54 Å². The quantitative estimate of drug-likeness (QED) is 0.501. The number of carbonyl (C=O) groups excluding carboxylic acids is 1. The van der Waals surface area contributed by atoms with Gasteiger partial charge in [0, 0.05) is 12.1 Å². The molecule has 0 unspecified atom stereocenters. The van der Waals surface area contributed by atoms with Crippen LogP contribution in [0.5, 0.6) is 0 Å². The number of hydrogen-bond acceptors (Lipinski definition) is 2. The van der Waals surface area contributed by atoms with E-state index in [1.165, 1.54) is 18.3 Å². The molecular formula is C14H13FN3O+. The van der Waals surface area contributed by atoms with Gasteiger partial charge in [0.15, 0.2) is 12.4 Å². The number of hydrogen-bond donors (Lipinski definition) is 1. The van der Waals surface area contributed by atoms with Gasteiger partial charge >= 0.3 is 5.91 Å². The van der Waals surface area contributed by atoms with Gasteiger partial charge < -0.3 is 0 Å². The summed E-state index contributed by atoms with van der Waals surface area (Å²) in [7, 11) is 0. The second-order valence-electron chi connectivity index (χ2n) is 3.90. The third-order valence-electron chi connectivity index (χ3n) is 2.36. The second kappa shape index (κ2) is 6.39. The zero-order chi connectivity index (χ0) is 13.5. The van der Waals surface area contributed by atoms with Crippen molar-refractivity contribution in [2.24, 2.45) is 5.10 Å². The number of nitrogens with one attached hydrogen (secondary N) is 1. The van der Waals surface area contributed by atoms with E-state index < -0.39 is 0 Å². The van der Waals surface area contributed by atoms with Crippen LogP contribution >= 0.6 is 0 Å². The molecule has 2 aromatic rings. The molecule has 19 heavy (non-hydrogen) atoms. The summed E-state index contributed by atoms with van der Waals surface area (Å²) in [6.45, 7) is 0.182. The molecule has 0 aliphatic heterocycles. The van der Waals surface area contributed by atoms with Gasteiger partial charge in [0.1, 0.15) is 5.82 Å². The summed E-state index contributed by atoms with van der Waals surface area (Å²) in [5.74, 6) is -0.584. The first-order chi connectivity index (χ1) is 9.24. The fourth-order valence-electron chi connectivity index (χ4n) is 1.51. The number of carbonyl (C=O) groups is 1. The van der Waals surface area contributed by atoms with Crippen LogP contribution in [0.2, 0.25) is 0 Å². The van der Waals surface area contributed by atoms with Gasteiger partial charge in [-0.2, -0.15) is 9.67 Å². The van der Waals surface area contributed by atoms with Crippen molar-refractivity contribution in [3.8, 4) is 0 Å². The van der Waals surface area contributed by atoms with Crippen molar-refractivity contribution in [1.29, 1.82) is 0 Å². The highest BCUT2D eigenvalue weighted by Crippen LogP contribution is 1.99. The highest BCUT2D eigenvalue weighted by Gasteiger charge is 2.06. The van der Waals surface area contributed by atoms with Crippen molar-refractivity contribution in [3.05, 3.63) is 66.2 Å². The lowest BCUT2D eigenvalue weighted by Gasteiger charge is -1.96. The Morgan fingerprint density at radius 2 is 2.05 bits per heavy atom. The van der Waals surface area contributed by atoms with Gasteiger partial charge in [-0.3, -0.25) is 4.79 Å². The van der Waals surface area contributed by atoms with E-state index in [2.05, 4.69) is 10.5 Å². The first-order valence-electron chi connectivity index (χ1n) is 5.75. The summed E-state index contributed by atoms with van der Waals surface area (Å²) in [5, 5.41) is 3.77. The molecule has 1 amide bonds. The normalized spacial score (nSPS) is 10.6. The molecule has 0 spiro atoms. The minimum Gasteiger partial charge on any atom is -0.266 e. The molecule has 1 aromatic carbocycles. The number of halogens is 1. The SMILES string of the molecule is O=C(C[n+]1ccccc1)NN=Cc1cccc(F)c1. The number of benzene rings is 1. The minimum atomic E-state index is -0.338. The highest BCUT2D eigenvalue weighted by atomic mass is 19.1. The molecule has 0 saturated carbocycles. The van der Waals surface area contributed by atoms with Crippen LogP contribution in [-0.4, -0.2) is 12.1 Å². The summed E-state index contributed by atoms with van der Waals surface area (Å²) in [6, 6.07) is 11.5. The van der Waals surface area contributed by atoms with E-state index in [-0.39, 0.29) is 18.3 Å². The number of amides is 1. The molecule has 4 nitrogen and oxygen atoms in total. The number of pyridine rings is 1. The summed E-state index contributed by atoms with van der Waals surface area (Å²) >= 11 is 0. The lowest BCUT2D eigenvalue weighted by molar-refractivity contribution is -0.684. The predicted molar refractivity (Wildman–Crippen MR) is 68.8 cm³/mol. The van der Waals surface area contributed by atoms with Crippen LogP contribution in [0, 0.1) is 5.82 Å². The third-order valence-corrected chi connectivity index (χ3v) is 2.36. The Morgan fingerprint density at radius 3 is 2.79 bits per heavy atom. The van der Waals surface area contributed by atoms with E-state index in [1.54, 1.807) is 29.1 Å². The van der Waals surface area contributed by atoms with Crippen molar-refractivity contribution >= 4 is 12.1 Å². The van der Waals surface area contributed by atoms with E-state index >= 15 is 0 Å². The fraction of sp³-hybridized carbons (Fsp3) is 0.0714. The molecule has 1 heterocycles. The van der Waals surface area contributed by atoms with Crippen LogP contribution in [0.25, 0.3) is 0 Å². The second-order valence-corrected chi connectivity index (χ2v) is 3.90. The van der Waals surface area contributed by atoms with Gasteiger partial charge in [-0.1, -0.05) is 18.2 Å². The van der Waals surface area contributed by atoms with E-state index in [0.717, 1.165) is 0 Å². The maximum absolute atomic E-state index is 12.9. The minimum absolute atomic E-state index is 0.182. The fourth-order valence-corrected chi connectivity index (χ4v) is 1.51. The average molecular weight is 258 g/mol. The van der Waals surface area contributed by atoms with Crippen LogP contribution < -0.4 is 9.99 Å². The van der Waals surface area contributed by atoms with E-state index in [1.807, 2.05) is 18.2 Å². The van der Waals surface area contributed by atoms with Gasteiger partial charge in [0.05, 0.1) is 6.21 Å². The van der Waals surface area contributed by atoms with Crippen molar-refractivity contribution in [3.63, 3.8) is 0 Å². The summed E-state index contributed by atoms with van der Waals surface area (Å²) in [4.78, 5) is 11.5. The van der Waals surface area contributed by atoms with Crippen LogP contribution in [0.3, 0.4) is 0 Å². The van der Waals surface area contributed by atoms with Crippen LogP contribution in [0.15, 0.2) is 60.0 Å². The zero-order valence-corrected chi connectivity index (χ0v) is 10.2. The number of rotatable bonds is 4. The molecule has 96 valence electrons. The van der Waals surface area contributed by atoms with E-state index in [4.69, 9.17) is 0 Å². The molecular weight excluding hydrogens is 245 g/mol. The van der Waals surface area contributed by atoms with Gasteiger partial charge in [-0.25, -0.2) is 9.82 Å². The lowest BCUT2D eigenvalue weighted by atomic mass is 10.2. The molecule has 0 aliphatic rings. The van der Waals surface area contributed by atoms with Crippen LogP contribution in [0.1, 0.15) is 5.56 Å². The topological polar surface area (TPSA) is 45.3 Å². The Kier molecular flexibility index (Phi) is 4.34. The van der Waals surface area contributed by atoms with E-state index in [0.29, 0.717) is 5.56 Å². The van der Waals surface area contributed by atoms with Gasteiger partial charge in [0.25, 0.3) is 0 Å². The number of hydrazone groups is 1. The smallest absolute Gasteiger partial charge is 0.266 e. The molecule has 1 aromatic heterocycles. The Balaban J connectivity index is 1.87. The molecule has 0 fully saturated rings. The monoisotopic (exact) mass is 258 g/mol. The van der Waals surface area contributed by atoms with Crippen molar-refractivity contribution < 1.29 is 13.8 Å². The number of nitrogens with zero attached hydrogens (tertiary/aromatic N) is 2. The average Bonchev–Trinajstić information content (AvgIpc) is 2.40. The Bertz CT molecular complexity index is 584. The highest BCUT2D eigenvalue weighted by molar-refractivity contribution is 5.81. The number of aromatic nitrogens is 1.